The van der Waals surface area contributed by atoms with Crippen LogP contribution in [0.3, 0.4) is 0 Å². The Morgan fingerprint density at radius 3 is 2.64 bits per heavy atom. The van der Waals surface area contributed by atoms with E-state index >= 15 is 0 Å². The van der Waals surface area contributed by atoms with E-state index in [1.54, 1.807) is 6.07 Å². The largest absolute Gasteiger partial charge is 0.394 e. The summed E-state index contributed by atoms with van der Waals surface area (Å²) >= 11 is 0. The van der Waals surface area contributed by atoms with Crippen LogP contribution in [0.25, 0.3) is 5.82 Å². The monoisotopic (exact) mass is 193 g/mol. The molecule has 0 fully saturated rings. The number of nitrogen functional groups attached to an aromatic ring is 2. The van der Waals surface area contributed by atoms with Crippen LogP contribution in [0.5, 0.6) is 0 Å². The average Bonchev–Trinajstić information content (AvgIpc) is 2.48. The smallest absolute Gasteiger partial charge is 0.214 e. The number of nitrogens with zero attached hydrogens (tertiary/aromatic N) is 3. The normalized spacial score (nSPS) is 10.4. The van der Waals surface area contributed by atoms with E-state index in [1.165, 1.54) is 23.0 Å². The molecule has 2 aromatic rings. The zero-order valence-electron chi connectivity index (χ0n) is 7.18. The van der Waals surface area contributed by atoms with E-state index in [2.05, 4.69) is 10.1 Å². The molecule has 0 spiro atoms. The summed E-state index contributed by atoms with van der Waals surface area (Å²) < 4.78 is 14.0. The lowest BCUT2D eigenvalue weighted by molar-refractivity contribution is 0.578. The topological polar surface area (TPSA) is 82.8 Å². The number of aromatic nitrogens is 3. The lowest BCUT2D eigenvalue weighted by Gasteiger charge is -2.02. The van der Waals surface area contributed by atoms with Gasteiger partial charge >= 0.3 is 0 Å². The van der Waals surface area contributed by atoms with Crippen LogP contribution >= 0.6 is 0 Å². The Hall–Kier alpha value is -2.11. The van der Waals surface area contributed by atoms with Gasteiger partial charge in [0.2, 0.25) is 5.95 Å². The number of anilines is 2. The van der Waals surface area contributed by atoms with Gasteiger partial charge in [0.05, 0.1) is 11.9 Å². The van der Waals surface area contributed by atoms with Crippen molar-refractivity contribution in [2.24, 2.45) is 0 Å². The van der Waals surface area contributed by atoms with E-state index in [9.17, 15) is 4.39 Å². The molecule has 6 heteroatoms. The third-order valence-electron chi connectivity index (χ3n) is 1.75. The van der Waals surface area contributed by atoms with Crippen molar-refractivity contribution >= 4 is 11.5 Å². The van der Waals surface area contributed by atoms with Crippen molar-refractivity contribution in [1.29, 1.82) is 0 Å². The van der Waals surface area contributed by atoms with Gasteiger partial charge in [-0.1, -0.05) is 6.07 Å². The molecule has 0 bridgehead atoms. The molecular formula is C8H8FN5. The van der Waals surface area contributed by atoms with Gasteiger partial charge in [0.1, 0.15) is 0 Å². The van der Waals surface area contributed by atoms with Crippen LogP contribution in [0.2, 0.25) is 0 Å². The maximum Gasteiger partial charge on any atom is 0.214 e. The molecule has 0 aliphatic rings. The molecule has 2 aromatic heterocycles. The number of rotatable bonds is 1. The second-order valence-electron chi connectivity index (χ2n) is 2.72. The molecule has 5 nitrogen and oxygen atoms in total. The molecule has 72 valence electrons. The Balaban J connectivity index is 2.55. The minimum Gasteiger partial charge on any atom is -0.394 e. The zero-order chi connectivity index (χ0) is 10.1. The van der Waals surface area contributed by atoms with E-state index < -0.39 is 5.95 Å². The first-order chi connectivity index (χ1) is 6.68. The van der Waals surface area contributed by atoms with Crippen LogP contribution in [0.1, 0.15) is 0 Å². The average molecular weight is 193 g/mol. The van der Waals surface area contributed by atoms with Crippen LogP contribution in [0.15, 0.2) is 24.4 Å². The molecule has 0 saturated heterocycles. The predicted molar refractivity (Wildman–Crippen MR) is 50.1 cm³/mol. The summed E-state index contributed by atoms with van der Waals surface area (Å²) in [5.74, 6) is -0.0294. The molecule has 14 heavy (non-hydrogen) atoms. The van der Waals surface area contributed by atoms with Gasteiger partial charge in [0.15, 0.2) is 11.6 Å². The highest BCUT2D eigenvalue weighted by atomic mass is 19.1. The van der Waals surface area contributed by atoms with Crippen molar-refractivity contribution in [2.75, 3.05) is 11.5 Å². The fraction of sp³-hybridized carbons (Fsp3) is 0. The van der Waals surface area contributed by atoms with Gasteiger partial charge in [-0.2, -0.15) is 14.2 Å². The molecule has 0 aliphatic heterocycles. The number of halogens is 1. The van der Waals surface area contributed by atoms with Gasteiger partial charge in [0.25, 0.3) is 0 Å². The standard InChI is InChI=1S/C8H8FN5/c9-6-2-1-3-7(13-6)14-8(11)5(10)4-12-14/h1-4H,10-11H2. The second-order valence-corrected chi connectivity index (χ2v) is 2.72. The highest BCUT2D eigenvalue weighted by Crippen LogP contribution is 2.16. The Morgan fingerprint density at radius 1 is 1.29 bits per heavy atom. The number of hydrogen-bond acceptors (Lipinski definition) is 4. The van der Waals surface area contributed by atoms with Gasteiger partial charge in [-0.25, -0.2) is 4.98 Å². The summed E-state index contributed by atoms with van der Waals surface area (Å²) in [5, 5.41) is 3.86. The molecule has 2 rings (SSSR count). The first-order valence-corrected chi connectivity index (χ1v) is 3.90. The predicted octanol–water partition coefficient (Wildman–Crippen LogP) is 0.571. The second kappa shape index (κ2) is 2.99. The first kappa shape index (κ1) is 8.49. The summed E-state index contributed by atoms with van der Waals surface area (Å²) in [6, 6.07) is 4.35. The molecule has 0 saturated carbocycles. The molecule has 0 amide bonds. The van der Waals surface area contributed by atoms with Gasteiger partial charge < -0.3 is 11.5 Å². The first-order valence-electron chi connectivity index (χ1n) is 3.90. The summed E-state index contributed by atoms with van der Waals surface area (Å²) in [4.78, 5) is 3.62. The number of pyridine rings is 1. The number of hydrogen-bond donors (Lipinski definition) is 2. The summed E-state index contributed by atoms with van der Waals surface area (Å²) in [7, 11) is 0. The minimum atomic E-state index is -0.587. The van der Waals surface area contributed by atoms with E-state index in [1.807, 2.05) is 0 Å². The summed E-state index contributed by atoms with van der Waals surface area (Å²) in [6.07, 6.45) is 1.39. The maximum atomic E-state index is 12.8. The van der Waals surface area contributed by atoms with Gasteiger partial charge in [-0.15, -0.1) is 0 Å². The summed E-state index contributed by atoms with van der Waals surface area (Å²) in [5.41, 5.74) is 11.4. The van der Waals surface area contributed by atoms with Crippen LogP contribution in [-0.4, -0.2) is 14.8 Å². The van der Waals surface area contributed by atoms with Gasteiger partial charge in [-0.05, 0) is 12.1 Å². The van der Waals surface area contributed by atoms with Crippen LogP contribution in [0, 0.1) is 5.95 Å². The lowest BCUT2D eigenvalue weighted by atomic mass is 10.4. The van der Waals surface area contributed by atoms with Crippen molar-refractivity contribution in [3.63, 3.8) is 0 Å². The quantitative estimate of drug-likeness (QED) is 0.648. The van der Waals surface area contributed by atoms with E-state index in [0.717, 1.165) is 0 Å². The molecule has 0 aromatic carbocycles. The van der Waals surface area contributed by atoms with Crippen molar-refractivity contribution in [2.45, 2.75) is 0 Å². The molecular weight excluding hydrogens is 185 g/mol. The molecule has 0 atom stereocenters. The number of nitrogens with two attached hydrogens (primary N) is 2. The molecule has 0 unspecified atom stereocenters. The maximum absolute atomic E-state index is 12.8. The van der Waals surface area contributed by atoms with Crippen molar-refractivity contribution < 1.29 is 4.39 Å². The van der Waals surface area contributed by atoms with E-state index in [4.69, 9.17) is 11.5 Å². The Morgan fingerprint density at radius 2 is 2.07 bits per heavy atom. The third-order valence-corrected chi connectivity index (χ3v) is 1.75. The third kappa shape index (κ3) is 1.26. The van der Waals surface area contributed by atoms with Crippen molar-refractivity contribution in [1.82, 2.24) is 14.8 Å². The molecule has 4 N–H and O–H groups in total. The Kier molecular flexibility index (Phi) is 1.81. The van der Waals surface area contributed by atoms with Crippen LogP contribution in [0.4, 0.5) is 15.9 Å². The summed E-state index contributed by atoms with van der Waals surface area (Å²) in [6.45, 7) is 0. The minimum absolute atomic E-state index is 0.253. The van der Waals surface area contributed by atoms with Crippen molar-refractivity contribution in [3.05, 3.63) is 30.3 Å². The van der Waals surface area contributed by atoms with E-state index in [-0.39, 0.29) is 5.82 Å². The van der Waals surface area contributed by atoms with Crippen LogP contribution < -0.4 is 11.5 Å². The Labute approximate surface area is 79.2 Å². The molecule has 2 heterocycles. The Bertz CT molecular complexity index is 465. The van der Waals surface area contributed by atoms with Gasteiger partial charge in [-0.3, -0.25) is 0 Å². The van der Waals surface area contributed by atoms with Crippen molar-refractivity contribution in [3.8, 4) is 5.82 Å². The highest BCUT2D eigenvalue weighted by Gasteiger charge is 2.07. The fourth-order valence-corrected chi connectivity index (χ4v) is 1.07. The SMILES string of the molecule is Nc1cnn(-c2cccc(F)n2)c1N. The van der Waals surface area contributed by atoms with Crippen LogP contribution in [-0.2, 0) is 0 Å². The lowest BCUT2D eigenvalue weighted by Crippen LogP contribution is -2.05. The highest BCUT2D eigenvalue weighted by molar-refractivity contribution is 5.59. The fourth-order valence-electron chi connectivity index (χ4n) is 1.07. The molecule has 0 aliphatic carbocycles. The van der Waals surface area contributed by atoms with Gasteiger partial charge in [0, 0.05) is 0 Å². The molecule has 0 radical (unpaired) electrons. The van der Waals surface area contributed by atoms with E-state index in [0.29, 0.717) is 11.5 Å². The zero-order valence-corrected chi connectivity index (χ0v) is 7.18.